The van der Waals surface area contributed by atoms with Gasteiger partial charge in [-0.3, -0.25) is 10.1 Å². The highest BCUT2D eigenvalue weighted by atomic mass is 16.6. The SMILES string of the molecule is COc1ccc(NC(C)c2ccccc2O)c([N+](=O)[O-])c1. The number of ether oxygens (including phenoxy) is 1. The number of rotatable bonds is 5. The van der Waals surface area contributed by atoms with Crippen LogP contribution in [-0.2, 0) is 0 Å². The summed E-state index contributed by atoms with van der Waals surface area (Å²) in [6.07, 6.45) is 0. The number of phenolic OH excluding ortho intramolecular Hbond substituents is 1. The van der Waals surface area contributed by atoms with Gasteiger partial charge in [0.1, 0.15) is 17.2 Å². The van der Waals surface area contributed by atoms with Gasteiger partial charge in [-0.2, -0.15) is 0 Å². The molecule has 0 saturated heterocycles. The van der Waals surface area contributed by atoms with Gasteiger partial charge in [0.2, 0.25) is 0 Å². The van der Waals surface area contributed by atoms with Gasteiger partial charge in [0.05, 0.1) is 24.1 Å². The molecule has 0 aliphatic heterocycles. The van der Waals surface area contributed by atoms with E-state index in [1.165, 1.54) is 13.2 Å². The molecule has 1 unspecified atom stereocenters. The smallest absolute Gasteiger partial charge is 0.296 e. The zero-order chi connectivity index (χ0) is 15.4. The van der Waals surface area contributed by atoms with Crippen LogP contribution in [0.2, 0.25) is 0 Å². The van der Waals surface area contributed by atoms with Crippen molar-refractivity contribution in [2.24, 2.45) is 0 Å². The molecule has 0 saturated carbocycles. The second-order valence-corrected chi connectivity index (χ2v) is 4.57. The summed E-state index contributed by atoms with van der Waals surface area (Å²) in [5.41, 5.74) is 0.968. The van der Waals surface area contributed by atoms with Crippen LogP contribution < -0.4 is 10.1 Å². The van der Waals surface area contributed by atoms with Crippen LogP contribution in [0, 0.1) is 10.1 Å². The molecular weight excluding hydrogens is 272 g/mol. The molecule has 1 atom stereocenters. The summed E-state index contributed by atoms with van der Waals surface area (Å²) in [7, 11) is 1.46. The molecule has 2 aromatic rings. The molecule has 21 heavy (non-hydrogen) atoms. The molecule has 110 valence electrons. The lowest BCUT2D eigenvalue weighted by atomic mass is 10.1. The minimum Gasteiger partial charge on any atom is -0.508 e. The monoisotopic (exact) mass is 288 g/mol. The van der Waals surface area contributed by atoms with Crippen molar-refractivity contribution in [3.63, 3.8) is 0 Å². The fourth-order valence-electron chi connectivity index (χ4n) is 2.08. The number of nitro groups is 1. The Balaban J connectivity index is 2.31. The lowest BCUT2D eigenvalue weighted by molar-refractivity contribution is -0.384. The van der Waals surface area contributed by atoms with E-state index in [9.17, 15) is 15.2 Å². The van der Waals surface area contributed by atoms with Crippen molar-refractivity contribution < 1.29 is 14.8 Å². The van der Waals surface area contributed by atoms with Crippen LogP contribution in [0.4, 0.5) is 11.4 Å². The van der Waals surface area contributed by atoms with Crippen LogP contribution in [-0.4, -0.2) is 17.1 Å². The third-order valence-corrected chi connectivity index (χ3v) is 3.18. The van der Waals surface area contributed by atoms with E-state index in [0.717, 1.165) is 0 Å². The molecule has 0 aliphatic rings. The summed E-state index contributed by atoms with van der Waals surface area (Å²) in [6, 6.07) is 11.2. The highest BCUT2D eigenvalue weighted by Gasteiger charge is 2.18. The number of nitro benzene ring substituents is 1. The largest absolute Gasteiger partial charge is 0.508 e. The lowest BCUT2D eigenvalue weighted by Gasteiger charge is -2.17. The maximum atomic E-state index is 11.1. The molecule has 2 aromatic carbocycles. The van der Waals surface area contributed by atoms with Gasteiger partial charge in [0, 0.05) is 5.56 Å². The Morgan fingerprint density at radius 1 is 1.29 bits per heavy atom. The molecule has 0 spiro atoms. The number of benzene rings is 2. The lowest BCUT2D eigenvalue weighted by Crippen LogP contribution is -2.08. The molecular formula is C15H16N2O4. The van der Waals surface area contributed by atoms with E-state index in [-0.39, 0.29) is 17.5 Å². The Morgan fingerprint density at radius 2 is 2.00 bits per heavy atom. The second kappa shape index (κ2) is 6.13. The minimum atomic E-state index is -0.470. The molecule has 0 fully saturated rings. The Bertz CT molecular complexity index is 658. The summed E-state index contributed by atoms with van der Waals surface area (Å²) in [6.45, 7) is 1.82. The Hall–Kier alpha value is -2.76. The summed E-state index contributed by atoms with van der Waals surface area (Å²) < 4.78 is 5.00. The first kappa shape index (κ1) is 14.6. The molecule has 0 radical (unpaired) electrons. The maximum absolute atomic E-state index is 11.1. The van der Waals surface area contributed by atoms with Crippen molar-refractivity contribution in [3.05, 3.63) is 58.1 Å². The first-order chi connectivity index (χ1) is 10.0. The number of anilines is 1. The van der Waals surface area contributed by atoms with Crippen LogP contribution in [0.1, 0.15) is 18.5 Å². The van der Waals surface area contributed by atoms with Gasteiger partial charge in [0.25, 0.3) is 5.69 Å². The van der Waals surface area contributed by atoms with Crippen molar-refractivity contribution in [1.82, 2.24) is 0 Å². The van der Waals surface area contributed by atoms with Gasteiger partial charge in [0.15, 0.2) is 0 Å². The molecule has 0 aromatic heterocycles. The van der Waals surface area contributed by atoms with Gasteiger partial charge in [-0.15, -0.1) is 0 Å². The van der Waals surface area contributed by atoms with Gasteiger partial charge in [-0.05, 0) is 25.1 Å². The standard InChI is InChI=1S/C15H16N2O4/c1-10(12-5-3-4-6-15(12)18)16-13-8-7-11(21-2)9-14(13)17(19)20/h3-10,16,18H,1-2H3. The van der Waals surface area contributed by atoms with Crippen LogP contribution in [0.3, 0.4) is 0 Å². The molecule has 2 rings (SSSR count). The number of nitrogens with zero attached hydrogens (tertiary/aromatic N) is 1. The van der Waals surface area contributed by atoms with Crippen LogP contribution in [0.25, 0.3) is 0 Å². The third-order valence-electron chi connectivity index (χ3n) is 3.18. The maximum Gasteiger partial charge on any atom is 0.296 e. The van der Waals surface area contributed by atoms with Crippen molar-refractivity contribution in [1.29, 1.82) is 0 Å². The molecule has 0 bridgehead atoms. The number of hydrogen-bond acceptors (Lipinski definition) is 5. The number of methoxy groups -OCH3 is 1. The first-order valence-corrected chi connectivity index (χ1v) is 6.39. The fraction of sp³-hybridized carbons (Fsp3) is 0.200. The third kappa shape index (κ3) is 3.22. The van der Waals surface area contributed by atoms with Gasteiger partial charge < -0.3 is 15.2 Å². The Morgan fingerprint density at radius 3 is 2.62 bits per heavy atom. The number of phenols is 1. The van der Waals surface area contributed by atoms with E-state index in [0.29, 0.717) is 17.0 Å². The van der Waals surface area contributed by atoms with E-state index >= 15 is 0 Å². The molecule has 6 heteroatoms. The van der Waals surface area contributed by atoms with Gasteiger partial charge in [-0.25, -0.2) is 0 Å². The van der Waals surface area contributed by atoms with Crippen molar-refractivity contribution in [2.75, 3.05) is 12.4 Å². The molecule has 2 N–H and O–H groups in total. The second-order valence-electron chi connectivity index (χ2n) is 4.57. The summed E-state index contributed by atoms with van der Waals surface area (Å²) in [5, 5.41) is 24.0. The quantitative estimate of drug-likeness (QED) is 0.650. The van der Waals surface area contributed by atoms with Crippen LogP contribution in [0.15, 0.2) is 42.5 Å². The van der Waals surface area contributed by atoms with E-state index < -0.39 is 4.92 Å². The minimum absolute atomic E-state index is 0.0726. The highest BCUT2D eigenvalue weighted by Crippen LogP contribution is 2.33. The van der Waals surface area contributed by atoms with Crippen molar-refractivity contribution >= 4 is 11.4 Å². The number of aromatic hydroxyl groups is 1. The number of hydrogen-bond donors (Lipinski definition) is 2. The normalized spacial score (nSPS) is 11.7. The zero-order valence-corrected chi connectivity index (χ0v) is 11.7. The van der Waals surface area contributed by atoms with Gasteiger partial charge in [-0.1, -0.05) is 18.2 Å². The summed E-state index contributed by atoms with van der Waals surface area (Å²) in [5.74, 6) is 0.566. The predicted molar refractivity (Wildman–Crippen MR) is 79.8 cm³/mol. The van der Waals surface area contributed by atoms with Crippen LogP contribution in [0.5, 0.6) is 11.5 Å². The molecule has 0 amide bonds. The molecule has 0 aliphatic carbocycles. The average Bonchev–Trinajstić information content (AvgIpc) is 2.47. The van der Waals surface area contributed by atoms with Crippen molar-refractivity contribution in [2.45, 2.75) is 13.0 Å². The Labute approximate surface area is 122 Å². The average molecular weight is 288 g/mol. The first-order valence-electron chi connectivity index (χ1n) is 6.39. The van der Waals surface area contributed by atoms with Crippen LogP contribution >= 0.6 is 0 Å². The Kier molecular flexibility index (Phi) is 4.27. The molecule has 0 heterocycles. The zero-order valence-electron chi connectivity index (χ0n) is 11.7. The topological polar surface area (TPSA) is 84.6 Å². The fourth-order valence-corrected chi connectivity index (χ4v) is 2.08. The number of nitrogens with one attached hydrogen (secondary N) is 1. The van der Waals surface area contributed by atoms with E-state index in [4.69, 9.17) is 4.74 Å². The summed E-state index contributed by atoms with van der Waals surface area (Å²) in [4.78, 5) is 10.7. The predicted octanol–water partition coefficient (Wildman–Crippen LogP) is 3.48. The van der Waals surface area contributed by atoms with Gasteiger partial charge >= 0.3 is 0 Å². The number of para-hydroxylation sites is 1. The van der Waals surface area contributed by atoms with Crippen molar-refractivity contribution in [3.8, 4) is 11.5 Å². The van der Waals surface area contributed by atoms with E-state index in [1.807, 2.05) is 6.92 Å². The van der Waals surface area contributed by atoms with E-state index in [2.05, 4.69) is 5.32 Å². The highest BCUT2D eigenvalue weighted by molar-refractivity contribution is 5.64. The van der Waals surface area contributed by atoms with E-state index in [1.54, 1.807) is 36.4 Å². The molecule has 6 nitrogen and oxygen atoms in total. The summed E-state index contributed by atoms with van der Waals surface area (Å²) >= 11 is 0.